The number of likely N-dealkylation sites (tertiary alicyclic amines) is 1. The van der Waals surface area contributed by atoms with Crippen LogP contribution in [-0.2, 0) is 14.3 Å². The van der Waals surface area contributed by atoms with Crippen LogP contribution in [0.5, 0.6) is 11.5 Å². The van der Waals surface area contributed by atoms with E-state index in [1.807, 2.05) is 6.92 Å². The van der Waals surface area contributed by atoms with E-state index in [1.165, 1.54) is 17.0 Å². The second kappa shape index (κ2) is 9.72. The van der Waals surface area contributed by atoms with Gasteiger partial charge in [0.2, 0.25) is 5.78 Å². The summed E-state index contributed by atoms with van der Waals surface area (Å²) in [5.41, 5.74) is 1.77. The molecular weight excluding hydrogens is 424 g/mol. The third-order valence-electron chi connectivity index (χ3n) is 6.36. The second-order valence-electron chi connectivity index (χ2n) is 8.38. The van der Waals surface area contributed by atoms with E-state index < -0.39 is 29.4 Å². The fourth-order valence-corrected chi connectivity index (χ4v) is 4.56. The number of amides is 1. The largest absolute Gasteiger partial charge is 0.508 e. The number of benzene rings is 2. The minimum absolute atomic E-state index is 0.0722. The molecule has 2 heterocycles. The molecular formula is C25H28N2O6. The van der Waals surface area contributed by atoms with Gasteiger partial charge in [-0.3, -0.25) is 19.3 Å². The SMILES string of the molecule is COc1ccc(C(=O)C2C(=O)C(=O)N(CCN3CCOCC3)C2c2ccc(O)cc2)cc1C. The van der Waals surface area contributed by atoms with Crippen LogP contribution in [-0.4, -0.2) is 78.9 Å². The summed E-state index contributed by atoms with van der Waals surface area (Å²) in [6.45, 7) is 5.50. The summed E-state index contributed by atoms with van der Waals surface area (Å²) in [6.07, 6.45) is 0. The summed E-state index contributed by atoms with van der Waals surface area (Å²) in [6, 6.07) is 10.6. The maximum absolute atomic E-state index is 13.5. The van der Waals surface area contributed by atoms with Crippen molar-refractivity contribution < 1.29 is 29.0 Å². The monoisotopic (exact) mass is 452 g/mol. The molecule has 1 N–H and O–H groups in total. The fraction of sp³-hybridized carbons (Fsp3) is 0.400. The van der Waals surface area contributed by atoms with Crippen molar-refractivity contribution in [2.75, 3.05) is 46.5 Å². The van der Waals surface area contributed by atoms with Crippen LogP contribution >= 0.6 is 0 Å². The van der Waals surface area contributed by atoms with Gasteiger partial charge >= 0.3 is 0 Å². The number of Topliss-reactive ketones (excluding diaryl/α,β-unsaturated/α-hetero) is 2. The normalized spacial score (nSPS) is 21.5. The number of ether oxygens (including phenoxy) is 2. The first-order valence-corrected chi connectivity index (χ1v) is 11.0. The van der Waals surface area contributed by atoms with Crippen molar-refractivity contribution in [2.45, 2.75) is 13.0 Å². The lowest BCUT2D eigenvalue weighted by Gasteiger charge is -2.31. The van der Waals surface area contributed by atoms with Crippen LogP contribution in [0.2, 0.25) is 0 Å². The molecule has 0 spiro atoms. The molecule has 2 aromatic rings. The Hall–Kier alpha value is -3.23. The van der Waals surface area contributed by atoms with E-state index in [2.05, 4.69) is 4.90 Å². The molecule has 0 aliphatic carbocycles. The summed E-state index contributed by atoms with van der Waals surface area (Å²) in [5, 5.41) is 9.73. The van der Waals surface area contributed by atoms with Gasteiger partial charge in [-0.25, -0.2) is 0 Å². The van der Waals surface area contributed by atoms with Crippen molar-refractivity contribution in [2.24, 2.45) is 5.92 Å². The average molecular weight is 453 g/mol. The zero-order valence-corrected chi connectivity index (χ0v) is 18.8. The molecule has 174 valence electrons. The first kappa shape index (κ1) is 22.9. The van der Waals surface area contributed by atoms with Gasteiger partial charge in [-0.05, 0) is 48.4 Å². The van der Waals surface area contributed by atoms with Gasteiger partial charge in [0.1, 0.15) is 17.4 Å². The molecule has 2 unspecified atom stereocenters. The number of phenols is 1. The average Bonchev–Trinajstić information content (AvgIpc) is 3.08. The summed E-state index contributed by atoms with van der Waals surface area (Å²) in [7, 11) is 1.55. The smallest absolute Gasteiger partial charge is 0.291 e. The van der Waals surface area contributed by atoms with Crippen molar-refractivity contribution >= 4 is 17.5 Å². The van der Waals surface area contributed by atoms with E-state index in [4.69, 9.17) is 9.47 Å². The highest BCUT2D eigenvalue weighted by Gasteiger charge is 2.51. The quantitative estimate of drug-likeness (QED) is 0.390. The van der Waals surface area contributed by atoms with Crippen LogP contribution in [0.15, 0.2) is 42.5 Å². The highest BCUT2D eigenvalue weighted by atomic mass is 16.5. The Balaban J connectivity index is 1.67. The molecule has 2 atom stereocenters. The number of hydrogen-bond acceptors (Lipinski definition) is 7. The highest BCUT2D eigenvalue weighted by molar-refractivity contribution is 6.44. The zero-order chi connectivity index (χ0) is 23.5. The molecule has 2 fully saturated rings. The van der Waals surface area contributed by atoms with Gasteiger partial charge in [-0.1, -0.05) is 12.1 Å². The number of aryl methyl sites for hydroxylation is 1. The summed E-state index contributed by atoms with van der Waals surface area (Å²) >= 11 is 0. The number of methoxy groups -OCH3 is 1. The van der Waals surface area contributed by atoms with E-state index in [1.54, 1.807) is 37.4 Å². The number of rotatable bonds is 7. The zero-order valence-electron chi connectivity index (χ0n) is 18.8. The van der Waals surface area contributed by atoms with E-state index in [0.717, 1.165) is 18.7 Å². The van der Waals surface area contributed by atoms with E-state index in [-0.39, 0.29) is 5.75 Å². The molecule has 0 saturated carbocycles. The summed E-state index contributed by atoms with van der Waals surface area (Å²) in [5.74, 6) is -2.19. The van der Waals surface area contributed by atoms with Crippen LogP contribution in [0.1, 0.15) is 27.5 Å². The van der Waals surface area contributed by atoms with Crippen molar-refractivity contribution in [3.05, 3.63) is 59.2 Å². The number of carbonyl (C=O) groups excluding carboxylic acids is 3. The van der Waals surface area contributed by atoms with Gasteiger partial charge in [0.25, 0.3) is 5.91 Å². The van der Waals surface area contributed by atoms with Crippen LogP contribution in [0.3, 0.4) is 0 Å². The van der Waals surface area contributed by atoms with Gasteiger partial charge in [-0.15, -0.1) is 0 Å². The number of phenolic OH excluding ortho intramolecular Hbond substituents is 1. The maximum Gasteiger partial charge on any atom is 0.291 e. The Morgan fingerprint density at radius 1 is 1.09 bits per heavy atom. The molecule has 2 aliphatic heterocycles. The molecule has 4 rings (SSSR count). The second-order valence-corrected chi connectivity index (χ2v) is 8.38. The molecule has 33 heavy (non-hydrogen) atoms. The highest BCUT2D eigenvalue weighted by Crippen LogP contribution is 2.39. The third kappa shape index (κ3) is 4.62. The van der Waals surface area contributed by atoms with E-state index >= 15 is 0 Å². The summed E-state index contributed by atoms with van der Waals surface area (Å²) in [4.78, 5) is 43.4. The lowest BCUT2D eigenvalue weighted by atomic mass is 9.86. The summed E-state index contributed by atoms with van der Waals surface area (Å²) < 4.78 is 10.7. The van der Waals surface area contributed by atoms with E-state index in [0.29, 0.717) is 43.2 Å². The van der Waals surface area contributed by atoms with Crippen molar-refractivity contribution in [1.82, 2.24) is 9.80 Å². The molecule has 8 heteroatoms. The van der Waals surface area contributed by atoms with Crippen LogP contribution in [0.25, 0.3) is 0 Å². The van der Waals surface area contributed by atoms with Crippen LogP contribution < -0.4 is 4.74 Å². The Morgan fingerprint density at radius 3 is 2.42 bits per heavy atom. The number of hydrogen-bond donors (Lipinski definition) is 1. The molecule has 0 bridgehead atoms. The van der Waals surface area contributed by atoms with Gasteiger partial charge in [0.05, 0.1) is 26.4 Å². The molecule has 8 nitrogen and oxygen atoms in total. The predicted molar refractivity (Wildman–Crippen MR) is 120 cm³/mol. The third-order valence-corrected chi connectivity index (χ3v) is 6.36. The number of carbonyl (C=O) groups is 3. The maximum atomic E-state index is 13.5. The van der Waals surface area contributed by atoms with Gasteiger partial charge in [-0.2, -0.15) is 0 Å². The molecule has 2 saturated heterocycles. The number of morpholine rings is 1. The minimum atomic E-state index is -1.15. The van der Waals surface area contributed by atoms with Gasteiger partial charge < -0.3 is 19.5 Å². The Bertz CT molecular complexity index is 1050. The minimum Gasteiger partial charge on any atom is -0.508 e. The first-order chi connectivity index (χ1) is 15.9. The Morgan fingerprint density at radius 2 is 1.79 bits per heavy atom. The number of aromatic hydroxyl groups is 1. The Labute approximate surface area is 192 Å². The molecule has 2 aromatic carbocycles. The molecule has 0 aromatic heterocycles. The Kier molecular flexibility index (Phi) is 6.76. The standard InChI is InChI=1S/C25H28N2O6/c1-16-15-18(5-8-20(16)32-2)23(29)21-22(17-3-6-19(28)7-4-17)27(25(31)24(21)30)10-9-26-11-13-33-14-12-26/h3-8,15,21-22,28H,9-14H2,1-2H3. The van der Waals surface area contributed by atoms with Crippen molar-refractivity contribution in [3.8, 4) is 11.5 Å². The first-order valence-electron chi connectivity index (χ1n) is 11.0. The van der Waals surface area contributed by atoms with E-state index in [9.17, 15) is 19.5 Å². The van der Waals surface area contributed by atoms with Gasteiger partial charge in [0, 0.05) is 31.7 Å². The van der Waals surface area contributed by atoms with Crippen LogP contribution in [0, 0.1) is 12.8 Å². The molecule has 1 amide bonds. The lowest BCUT2D eigenvalue weighted by Crippen LogP contribution is -2.42. The molecule has 2 aliphatic rings. The van der Waals surface area contributed by atoms with Crippen molar-refractivity contribution in [1.29, 1.82) is 0 Å². The van der Waals surface area contributed by atoms with Gasteiger partial charge in [0.15, 0.2) is 5.78 Å². The number of ketones is 2. The predicted octanol–water partition coefficient (Wildman–Crippen LogP) is 1.99. The lowest BCUT2D eigenvalue weighted by molar-refractivity contribution is -0.141. The van der Waals surface area contributed by atoms with Crippen molar-refractivity contribution in [3.63, 3.8) is 0 Å². The molecule has 0 radical (unpaired) electrons. The fourth-order valence-electron chi connectivity index (χ4n) is 4.56. The number of nitrogens with zero attached hydrogens (tertiary/aromatic N) is 2. The topological polar surface area (TPSA) is 96.4 Å². The van der Waals surface area contributed by atoms with Crippen LogP contribution in [0.4, 0.5) is 0 Å².